The van der Waals surface area contributed by atoms with E-state index in [4.69, 9.17) is 4.74 Å². The molecular formula is C19H25NO4. The van der Waals surface area contributed by atoms with Gasteiger partial charge in [0.05, 0.1) is 11.1 Å². The van der Waals surface area contributed by atoms with E-state index >= 15 is 0 Å². The summed E-state index contributed by atoms with van der Waals surface area (Å²) in [5.74, 6) is -0.443. The smallest absolute Gasteiger partial charge is 0.306 e. The van der Waals surface area contributed by atoms with Crippen molar-refractivity contribution in [2.45, 2.75) is 52.6 Å². The molecule has 0 saturated heterocycles. The molecule has 130 valence electrons. The van der Waals surface area contributed by atoms with Gasteiger partial charge in [0, 0.05) is 13.0 Å². The van der Waals surface area contributed by atoms with Gasteiger partial charge in [-0.1, -0.05) is 19.1 Å². The number of benzene rings is 1. The number of rotatable bonds is 6. The van der Waals surface area contributed by atoms with Crippen LogP contribution in [-0.4, -0.2) is 34.8 Å². The molecule has 1 aliphatic rings. The van der Waals surface area contributed by atoms with Crippen molar-refractivity contribution in [3.8, 4) is 0 Å². The first kappa shape index (κ1) is 18.2. The average Bonchev–Trinajstić information content (AvgIpc) is 2.74. The zero-order valence-electron chi connectivity index (χ0n) is 14.8. The van der Waals surface area contributed by atoms with Crippen LogP contribution >= 0.6 is 0 Å². The predicted molar refractivity (Wildman–Crippen MR) is 90.7 cm³/mol. The van der Waals surface area contributed by atoms with Crippen molar-refractivity contribution in [3.05, 3.63) is 35.4 Å². The molecule has 0 unspecified atom stereocenters. The second kappa shape index (κ2) is 7.16. The molecule has 0 bridgehead atoms. The molecule has 5 nitrogen and oxygen atoms in total. The summed E-state index contributed by atoms with van der Waals surface area (Å²) in [7, 11) is 0. The van der Waals surface area contributed by atoms with Crippen LogP contribution in [0.2, 0.25) is 0 Å². The highest BCUT2D eigenvalue weighted by Crippen LogP contribution is 2.24. The summed E-state index contributed by atoms with van der Waals surface area (Å²) in [5, 5.41) is 0. The van der Waals surface area contributed by atoms with E-state index in [1.54, 1.807) is 24.3 Å². The maximum Gasteiger partial charge on any atom is 0.306 e. The monoisotopic (exact) mass is 331 g/mol. The first-order valence-corrected chi connectivity index (χ1v) is 8.36. The van der Waals surface area contributed by atoms with E-state index in [1.165, 1.54) is 4.90 Å². The first-order chi connectivity index (χ1) is 11.2. The molecule has 2 rings (SSSR count). The number of hydrogen-bond donors (Lipinski definition) is 0. The van der Waals surface area contributed by atoms with Gasteiger partial charge >= 0.3 is 5.97 Å². The van der Waals surface area contributed by atoms with E-state index in [1.807, 2.05) is 27.7 Å². The molecule has 1 aromatic rings. The van der Waals surface area contributed by atoms with E-state index in [0.29, 0.717) is 36.9 Å². The topological polar surface area (TPSA) is 63.7 Å². The van der Waals surface area contributed by atoms with Gasteiger partial charge in [-0.05, 0) is 51.7 Å². The van der Waals surface area contributed by atoms with Crippen LogP contribution in [0.25, 0.3) is 0 Å². The van der Waals surface area contributed by atoms with Gasteiger partial charge in [-0.15, -0.1) is 0 Å². The third-order valence-corrected chi connectivity index (χ3v) is 3.98. The van der Waals surface area contributed by atoms with E-state index < -0.39 is 5.60 Å². The lowest BCUT2D eigenvalue weighted by Gasteiger charge is -2.21. The summed E-state index contributed by atoms with van der Waals surface area (Å²) in [6.07, 6.45) is 1.70. The van der Waals surface area contributed by atoms with Crippen molar-refractivity contribution >= 4 is 17.8 Å². The van der Waals surface area contributed by atoms with Crippen LogP contribution in [0.5, 0.6) is 0 Å². The highest BCUT2D eigenvalue weighted by atomic mass is 16.6. The Morgan fingerprint density at radius 1 is 1.08 bits per heavy atom. The largest absolute Gasteiger partial charge is 0.460 e. The molecule has 5 heteroatoms. The molecule has 1 aromatic carbocycles. The van der Waals surface area contributed by atoms with Crippen molar-refractivity contribution in [1.29, 1.82) is 0 Å². The maximum absolute atomic E-state index is 12.3. The molecule has 0 fully saturated rings. The van der Waals surface area contributed by atoms with Crippen molar-refractivity contribution in [3.63, 3.8) is 0 Å². The molecule has 1 heterocycles. The van der Waals surface area contributed by atoms with Gasteiger partial charge in [0.2, 0.25) is 0 Å². The van der Waals surface area contributed by atoms with Crippen molar-refractivity contribution in [2.75, 3.05) is 6.54 Å². The quantitative estimate of drug-likeness (QED) is 0.592. The zero-order chi connectivity index (χ0) is 17.9. The highest BCUT2D eigenvalue weighted by molar-refractivity contribution is 6.21. The number of fused-ring (bicyclic) bond motifs is 1. The van der Waals surface area contributed by atoms with Crippen molar-refractivity contribution < 1.29 is 19.1 Å². The molecule has 0 aromatic heterocycles. The third-order valence-electron chi connectivity index (χ3n) is 3.98. The fourth-order valence-corrected chi connectivity index (χ4v) is 2.69. The molecule has 2 amide bonds. The Hall–Kier alpha value is -2.17. The summed E-state index contributed by atoms with van der Waals surface area (Å²) < 4.78 is 5.28. The van der Waals surface area contributed by atoms with Gasteiger partial charge in [0.25, 0.3) is 11.8 Å². The summed E-state index contributed by atoms with van der Waals surface area (Å²) in [6, 6.07) is 6.89. The highest BCUT2D eigenvalue weighted by Gasteiger charge is 2.34. The lowest BCUT2D eigenvalue weighted by atomic mass is 10.0. The van der Waals surface area contributed by atoms with Crippen molar-refractivity contribution in [2.24, 2.45) is 5.92 Å². The Bertz CT molecular complexity index is 610. The van der Waals surface area contributed by atoms with Crippen LogP contribution in [0.1, 0.15) is 67.7 Å². The summed E-state index contributed by atoms with van der Waals surface area (Å²) >= 11 is 0. The number of amides is 2. The summed E-state index contributed by atoms with van der Waals surface area (Å²) in [5.41, 5.74) is 0.480. The second-order valence-electron chi connectivity index (χ2n) is 7.33. The minimum absolute atomic E-state index is 0.213. The molecule has 1 aliphatic heterocycles. The van der Waals surface area contributed by atoms with Crippen LogP contribution in [0, 0.1) is 5.92 Å². The Kier molecular flexibility index (Phi) is 5.42. The number of hydrogen-bond acceptors (Lipinski definition) is 4. The molecule has 1 atom stereocenters. The Morgan fingerprint density at radius 3 is 2.12 bits per heavy atom. The summed E-state index contributed by atoms with van der Waals surface area (Å²) in [4.78, 5) is 37.6. The lowest BCUT2D eigenvalue weighted by molar-refractivity contribution is -0.155. The van der Waals surface area contributed by atoms with Gasteiger partial charge in [-0.3, -0.25) is 19.3 Å². The van der Waals surface area contributed by atoms with Gasteiger partial charge in [0.15, 0.2) is 0 Å². The van der Waals surface area contributed by atoms with Crippen LogP contribution < -0.4 is 0 Å². The van der Waals surface area contributed by atoms with Crippen LogP contribution in [0.4, 0.5) is 0 Å². The number of imide groups is 1. The molecule has 24 heavy (non-hydrogen) atoms. The van der Waals surface area contributed by atoms with Gasteiger partial charge in [-0.2, -0.15) is 0 Å². The Morgan fingerprint density at radius 2 is 1.62 bits per heavy atom. The number of carbonyl (C=O) groups is 3. The molecular weight excluding hydrogens is 306 g/mol. The molecule has 0 spiro atoms. The molecule has 0 radical (unpaired) electrons. The van der Waals surface area contributed by atoms with E-state index in [0.717, 1.165) is 0 Å². The fourth-order valence-electron chi connectivity index (χ4n) is 2.69. The van der Waals surface area contributed by atoms with Crippen LogP contribution in [0.15, 0.2) is 24.3 Å². The van der Waals surface area contributed by atoms with E-state index in [-0.39, 0.29) is 23.7 Å². The maximum atomic E-state index is 12.3. The molecule has 0 saturated carbocycles. The van der Waals surface area contributed by atoms with Crippen molar-refractivity contribution in [1.82, 2.24) is 4.90 Å². The standard InChI is InChI=1S/C19H25NO4/c1-13(9-10-16(21)24-19(2,3)4)11-12-20-17(22)14-7-5-6-8-15(14)18(20)23/h5-8,13H,9-12H2,1-4H3/t13-/m0/s1. The average molecular weight is 331 g/mol. The third kappa shape index (κ3) is 4.43. The number of carbonyl (C=O) groups excluding carboxylic acids is 3. The SMILES string of the molecule is C[C@@H](CCC(=O)OC(C)(C)C)CCN1C(=O)c2ccccc2C1=O. The van der Waals surface area contributed by atoms with E-state index in [9.17, 15) is 14.4 Å². The number of ether oxygens (including phenoxy) is 1. The number of nitrogens with zero attached hydrogens (tertiary/aromatic N) is 1. The molecule has 0 N–H and O–H groups in total. The van der Waals surface area contributed by atoms with Gasteiger partial charge in [-0.25, -0.2) is 0 Å². The van der Waals surface area contributed by atoms with E-state index in [2.05, 4.69) is 0 Å². The predicted octanol–water partition coefficient (Wildman–Crippen LogP) is 3.43. The number of esters is 1. The minimum Gasteiger partial charge on any atom is -0.460 e. The second-order valence-corrected chi connectivity index (χ2v) is 7.33. The summed E-state index contributed by atoms with van der Waals surface area (Å²) in [6.45, 7) is 7.92. The minimum atomic E-state index is -0.472. The first-order valence-electron chi connectivity index (χ1n) is 8.36. The fraction of sp³-hybridized carbons (Fsp3) is 0.526. The lowest BCUT2D eigenvalue weighted by Crippen LogP contribution is -2.31. The Balaban J connectivity index is 1.81. The normalized spacial score (nSPS) is 15.4. The zero-order valence-corrected chi connectivity index (χ0v) is 14.8. The van der Waals surface area contributed by atoms with Gasteiger partial charge < -0.3 is 4.74 Å². The van der Waals surface area contributed by atoms with Crippen LogP contribution in [0.3, 0.4) is 0 Å². The Labute approximate surface area is 143 Å². The van der Waals surface area contributed by atoms with Gasteiger partial charge in [0.1, 0.15) is 5.60 Å². The van der Waals surface area contributed by atoms with Crippen LogP contribution in [-0.2, 0) is 9.53 Å². The molecule has 0 aliphatic carbocycles.